The first-order valence-electron chi connectivity index (χ1n) is 4.27. The normalized spacial score (nSPS) is 13.3. The first-order chi connectivity index (χ1) is 6.43. The lowest BCUT2D eigenvalue weighted by Gasteiger charge is -2.13. The molecule has 14 heavy (non-hydrogen) atoms. The molecule has 0 aliphatic heterocycles. The number of alkyl halides is 2. The average Bonchev–Trinajstić information content (AvgIpc) is 2.12. The smallest absolute Gasteiger partial charge is 0.257 e. The van der Waals surface area contributed by atoms with E-state index in [4.69, 9.17) is 5.73 Å². The van der Waals surface area contributed by atoms with Gasteiger partial charge in [0.1, 0.15) is 5.75 Å². The van der Waals surface area contributed by atoms with E-state index in [2.05, 4.69) is 0 Å². The van der Waals surface area contributed by atoms with Crippen molar-refractivity contribution in [3.8, 4) is 5.75 Å². The summed E-state index contributed by atoms with van der Waals surface area (Å²) in [7, 11) is 0. The minimum Gasteiger partial charge on any atom is -0.507 e. The third kappa shape index (κ3) is 2.01. The van der Waals surface area contributed by atoms with E-state index in [0.29, 0.717) is 16.7 Å². The van der Waals surface area contributed by atoms with Gasteiger partial charge >= 0.3 is 0 Å². The molecule has 1 aromatic rings. The quantitative estimate of drug-likeness (QED) is 0.771. The molecule has 3 N–H and O–H groups in total. The van der Waals surface area contributed by atoms with Crippen LogP contribution >= 0.6 is 0 Å². The van der Waals surface area contributed by atoms with Crippen molar-refractivity contribution in [3.05, 3.63) is 28.8 Å². The van der Waals surface area contributed by atoms with Crippen LogP contribution in [-0.2, 0) is 0 Å². The van der Waals surface area contributed by atoms with Gasteiger partial charge in [0.05, 0.1) is 6.04 Å². The van der Waals surface area contributed by atoms with Crippen LogP contribution in [0.5, 0.6) is 5.75 Å². The molecule has 0 aromatic heterocycles. The lowest BCUT2D eigenvalue weighted by molar-refractivity contribution is 0.116. The fraction of sp³-hybridized carbons (Fsp3) is 0.400. The largest absolute Gasteiger partial charge is 0.507 e. The maximum Gasteiger partial charge on any atom is 0.257 e. The minimum atomic E-state index is -2.58. The van der Waals surface area contributed by atoms with Gasteiger partial charge in [-0.1, -0.05) is 12.1 Å². The number of nitrogens with two attached hydrogens (primary N) is 1. The summed E-state index contributed by atoms with van der Waals surface area (Å²) in [4.78, 5) is 0. The molecule has 0 bridgehead atoms. The molecule has 1 atom stereocenters. The van der Waals surface area contributed by atoms with Crippen LogP contribution in [0.25, 0.3) is 0 Å². The van der Waals surface area contributed by atoms with Crippen LogP contribution < -0.4 is 5.73 Å². The van der Waals surface area contributed by atoms with E-state index in [9.17, 15) is 13.9 Å². The van der Waals surface area contributed by atoms with E-state index in [0.717, 1.165) is 0 Å². The number of phenols is 1. The molecule has 2 nitrogen and oxygen atoms in total. The fourth-order valence-corrected chi connectivity index (χ4v) is 1.33. The Bertz CT molecular complexity index is 316. The Balaban J connectivity index is 3.12. The number of hydrogen-bond donors (Lipinski definition) is 2. The second-order valence-corrected chi connectivity index (χ2v) is 3.36. The summed E-state index contributed by atoms with van der Waals surface area (Å²) in [5.74, 6) is 0.134. The molecule has 0 saturated carbocycles. The molecule has 0 unspecified atom stereocenters. The van der Waals surface area contributed by atoms with Crippen molar-refractivity contribution >= 4 is 0 Å². The predicted molar refractivity (Wildman–Crippen MR) is 50.5 cm³/mol. The molecular weight excluding hydrogens is 188 g/mol. The van der Waals surface area contributed by atoms with E-state index in [1.807, 2.05) is 0 Å². The molecule has 0 saturated heterocycles. The monoisotopic (exact) mass is 201 g/mol. The Hall–Kier alpha value is -1.16. The van der Waals surface area contributed by atoms with Crippen molar-refractivity contribution in [1.29, 1.82) is 0 Å². The summed E-state index contributed by atoms with van der Waals surface area (Å²) in [6.07, 6.45) is -2.58. The van der Waals surface area contributed by atoms with Crippen LogP contribution in [0, 0.1) is 13.8 Å². The third-order valence-corrected chi connectivity index (χ3v) is 2.17. The highest BCUT2D eigenvalue weighted by molar-refractivity contribution is 5.43. The van der Waals surface area contributed by atoms with E-state index in [1.165, 1.54) is 12.1 Å². The highest BCUT2D eigenvalue weighted by atomic mass is 19.3. The molecule has 0 fully saturated rings. The Morgan fingerprint density at radius 2 is 1.64 bits per heavy atom. The summed E-state index contributed by atoms with van der Waals surface area (Å²) in [5.41, 5.74) is 6.78. The summed E-state index contributed by atoms with van der Waals surface area (Å²) in [5, 5.41) is 9.42. The highest BCUT2D eigenvalue weighted by Crippen LogP contribution is 2.27. The maximum absolute atomic E-state index is 12.3. The molecule has 1 aromatic carbocycles. The number of phenolic OH excluding ortho intramolecular Hbond substituents is 1. The SMILES string of the molecule is Cc1cc([C@H](N)C(F)F)cc(C)c1O. The van der Waals surface area contributed by atoms with Gasteiger partial charge in [0.2, 0.25) is 0 Å². The molecule has 0 aliphatic carbocycles. The van der Waals surface area contributed by atoms with Crippen LogP contribution in [0.15, 0.2) is 12.1 Å². The topological polar surface area (TPSA) is 46.2 Å². The Labute approximate surface area is 81.4 Å². The highest BCUT2D eigenvalue weighted by Gasteiger charge is 2.18. The van der Waals surface area contributed by atoms with Crippen LogP contribution in [0.2, 0.25) is 0 Å². The maximum atomic E-state index is 12.3. The van der Waals surface area contributed by atoms with E-state index >= 15 is 0 Å². The molecule has 0 amide bonds. The van der Waals surface area contributed by atoms with Gasteiger partial charge in [0.15, 0.2) is 0 Å². The van der Waals surface area contributed by atoms with Crippen molar-refractivity contribution in [2.75, 3.05) is 0 Å². The van der Waals surface area contributed by atoms with Crippen molar-refractivity contribution in [2.45, 2.75) is 26.3 Å². The second kappa shape index (κ2) is 3.92. The molecule has 4 heteroatoms. The zero-order valence-electron chi connectivity index (χ0n) is 8.09. The minimum absolute atomic E-state index is 0.134. The van der Waals surface area contributed by atoms with Crippen LogP contribution in [0.3, 0.4) is 0 Å². The van der Waals surface area contributed by atoms with E-state index in [1.54, 1.807) is 13.8 Å². The number of halogens is 2. The van der Waals surface area contributed by atoms with Crippen LogP contribution in [-0.4, -0.2) is 11.5 Å². The molecular formula is C10H13F2NO. The Morgan fingerprint density at radius 1 is 1.21 bits per heavy atom. The molecule has 78 valence electrons. The first kappa shape index (κ1) is 10.9. The zero-order valence-corrected chi connectivity index (χ0v) is 8.09. The lowest BCUT2D eigenvalue weighted by Crippen LogP contribution is -2.19. The first-order valence-corrected chi connectivity index (χ1v) is 4.27. The van der Waals surface area contributed by atoms with Gasteiger partial charge in [-0.3, -0.25) is 0 Å². The van der Waals surface area contributed by atoms with Gasteiger partial charge in [-0.25, -0.2) is 8.78 Å². The second-order valence-electron chi connectivity index (χ2n) is 3.36. The zero-order chi connectivity index (χ0) is 10.9. The molecule has 0 heterocycles. The van der Waals surface area contributed by atoms with Crippen LogP contribution in [0.1, 0.15) is 22.7 Å². The van der Waals surface area contributed by atoms with Gasteiger partial charge in [0.25, 0.3) is 6.43 Å². The van der Waals surface area contributed by atoms with E-state index < -0.39 is 12.5 Å². The van der Waals surface area contributed by atoms with Crippen molar-refractivity contribution < 1.29 is 13.9 Å². The molecule has 0 radical (unpaired) electrons. The molecule has 0 aliphatic rings. The summed E-state index contributed by atoms with van der Waals surface area (Å²) in [6.45, 7) is 3.31. The van der Waals surface area contributed by atoms with E-state index in [-0.39, 0.29) is 5.75 Å². The van der Waals surface area contributed by atoms with Crippen molar-refractivity contribution in [1.82, 2.24) is 0 Å². The molecule has 1 rings (SSSR count). The third-order valence-electron chi connectivity index (χ3n) is 2.17. The van der Waals surface area contributed by atoms with Gasteiger partial charge in [-0.15, -0.1) is 0 Å². The van der Waals surface area contributed by atoms with Gasteiger partial charge in [-0.2, -0.15) is 0 Å². The summed E-state index contributed by atoms with van der Waals surface area (Å²) in [6, 6.07) is 1.69. The predicted octanol–water partition coefficient (Wildman–Crippen LogP) is 2.27. The van der Waals surface area contributed by atoms with Gasteiger partial charge in [-0.05, 0) is 30.5 Å². The standard InChI is InChI=1S/C10H13F2NO/c1-5-3-7(8(13)10(11)12)4-6(2)9(5)14/h3-4,8,10,14H,13H2,1-2H3/t8-/m0/s1. The van der Waals surface area contributed by atoms with Gasteiger partial charge < -0.3 is 10.8 Å². The average molecular weight is 201 g/mol. The number of aromatic hydroxyl groups is 1. The Kier molecular flexibility index (Phi) is 3.06. The van der Waals surface area contributed by atoms with Crippen molar-refractivity contribution in [3.63, 3.8) is 0 Å². The summed E-state index contributed by atoms with van der Waals surface area (Å²) >= 11 is 0. The number of rotatable bonds is 2. The number of hydrogen-bond acceptors (Lipinski definition) is 2. The fourth-order valence-electron chi connectivity index (χ4n) is 1.33. The lowest BCUT2D eigenvalue weighted by atomic mass is 10.0. The number of benzene rings is 1. The van der Waals surface area contributed by atoms with Crippen molar-refractivity contribution in [2.24, 2.45) is 5.73 Å². The number of aryl methyl sites for hydroxylation is 2. The van der Waals surface area contributed by atoms with Gasteiger partial charge in [0, 0.05) is 0 Å². The molecule has 0 spiro atoms. The summed E-state index contributed by atoms with van der Waals surface area (Å²) < 4.78 is 24.6. The Morgan fingerprint density at radius 3 is 2.00 bits per heavy atom. The van der Waals surface area contributed by atoms with Crippen LogP contribution in [0.4, 0.5) is 8.78 Å².